The summed E-state index contributed by atoms with van der Waals surface area (Å²) in [7, 11) is 0. The van der Waals surface area contributed by atoms with Gasteiger partial charge in [-0.1, -0.05) is 121 Å². The van der Waals surface area contributed by atoms with Crippen LogP contribution in [-0.2, 0) is 0 Å². The first-order chi connectivity index (χ1) is 21.3. The van der Waals surface area contributed by atoms with Crippen LogP contribution in [0.15, 0.2) is 146 Å². The maximum Gasteiger partial charge on any atom is 0.0362 e. The average molecular weight is 561 g/mol. The van der Waals surface area contributed by atoms with Crippen LogP contribution < -0.4 is 0 Å². The lowest BCUT2D eigenvalue weighted by atomic mass is 9.88. The fraction of sp³-hybridized carbons (Fsp3) is 0. The van der Waals surface area contributed by atoms with E-state index in [2.05, 4.69) is 146 Å². The second-order valence-corrected chi connectivity index (χ2v) is 12.7. The topological polar surface area (TPSA) is 0 Å². The molecule has 0 saturated carbocycles. The highest BCUT2D eigenvalue weighted by Gasteiger charge is 2.19. The van der Waals surface area contributed by atoms with Crippen molar-refractivity contribution in [3.8, 4) is 22.3 Å². The number of thiophene rings is 1. The fourth-order valence-corrected chi connectivity index (χ4v) is 8.68. The molecule has 0 unspecified atom stereocenters. The Labute approximate surface area is 252 Å². The molecule has 0 aliphatic heterocycles. The summed E-state index contributed by atoms with van der Waals surface area (Å²) in [6.07, 6.45) is 0. The molecule has 0 aliphatic carbocycles. The molecule has 0 fully saturated rings. The van der Waals surface area contributed by atoms with Gasteiger partial charge in [0.2, 0.25) is 0 Å². The summed E-state index contributed by atoms with van der Waals surface area (Å²) >= 11 is 1.91. The predicted molar refractivity (Wildman–Crippen MR) is 189 cm³/mol. The van der Waals surface area contributed by atoms with Crippen LogP contribution in [-0.4, -0.2) is 0 Å². The Kier molecular flexibility index (Phi) is 4.69. The van der Waals surface area contributed by atoms with Gasteiger partial charge in [0.25, 0.3) is 0 Å². The lowest BCUT2D eigenvalue weighted by Gasteiger charge is -2.15. The summed E-state index contributed by atoms with van der Waals surface area (Å²) in [6.45, 7) is 0. The first-order valence-electron chi connectivity index (χ1n) is 14.9. The van der Waals surface area contributed by atoms with E-state index in [4.69, 9.17) is 0 Å². The van der Waals surface area contributed by atoms with Gasteiger partial charge in [0, 0.05) is 20.2 Å². The van der Waals surface area contributed by atoms with E-state index in [9.17, 15) is 0 Å². The first-order valence-corrected chi connectivity index (χ1v) is 15.7. The summed E-state index contributed by atoms with van der Waals surface area (Å²) in [5, 5.41) is 16.0. The van der Waals surface area contributed by atoms with Crippen molar-refractivity contribution in [1.82, 2.24) is 0 Å². The van der Waals surface area contributed by atoms with Gasteiger partial charge in [-0.05, 0) is 100 Å². The molecule has 0 bridgehead atoms. The van der Waals surface area contributed by atoms with Gasteiger partial charge in [0.1, 0.15) is 0 Å². The molecule has 0 spiro atoms. The van der Waals surface area contributed by atoms with E-state index in [1.165, 1.54) is 96.3 Å². The van der Waals surface area contributed by atoms with Crippen LogP contribution in [0, 0.1) is 0 Å². The van der Waals surface area contributed by atoms with Crippen LogP contribution in [0.1, 0.15) is 0 Å². The summed E-state index contributed by atoms with van der Waals surface area (Å²) in [5.41, 5.74) is 5.04. The molecule has 10 rings (SSSR count). The molecular formula is C42H24S. The molecular weight excluding hydrogens is 537 g/mol. The van der Waals surface area contributed by atoms with Crippen LogP contribution in [0.25, 0.3) is 96.3 Å². The summed E-state index contributed by atoms with van der Waals surface area (Å²) < 4.78 is 2.73. The van der Waals surface area contributed by atoms with Crippen LogP contribution >= 0.6 is 11.3 Å². The maximum atomic E-state index is 2.39. The zero-order chi connectivity index (χ0) is 28.1. The van der Waals surface area contributed by atoms with E-state index in [1.807, 2.05) is 11.3 Å². The smallest absolute Gasteiger partial charge is 0.0362 e. The third kappa shape index (κ3) is 3.20. The van der Waals surface area contributed by atoms with Gasteiger partial charge >= 0.3 is 0 Å². The Balaban J connectivity index is 1.24. The third-order valence-electron chi connectivity index (χ3n) is 9.40. The van der Waals surface area contributed by atoms with Crippen LogP contribution in [0.5, 0.6) is 0 Å². The molecule has 0 N–H and O–H groups in total. The fourth-order valence-electron chi connectivity index (χ4n) is 7.54. The molecule has 10 aromatic rings. The molecule has 0 nitrogen and oxygen atoms in total. The van der Waals surface area contributed by atoms with Crippen molar-refractivity contribution in [3.05, 3.63) is 146 Å². The van der Waals surface area contributed by atoms with Gasteiger partial charge < -0.3 is 0 Å². The van der Waals surface area contributed by atoms with Crippen LogP contribution in [0.2, 0.25) is 0 Å². The number of fused-ring (bicyclic) bond motifs is 9. The number of hydrogen-bond acceptors (Lipinski definition) is 1. The molecule has 9 aromatic carbocycles. The second kappa shape index (κ2) is 8.64. The minimum absolute atomic E-state index is 1.24. The normalized spacial score (nSPS) is 12.2. The molecule has 0 saturated heterocycles. The van der Waals surface area contributed by atoms with Crippen molar-refractivity contribution in [3.63, 3.8) is 0 Å². The van der Waals surface area contributed by atoms with E-state index in [0.29, 0.717) is 0 Å². The van der Waals surface area contributed by atoms with Crippen molar-refractivity contribution in [2.45, 2.75) is 0 Å². The molecule has 1 aromatic heterocycles. The van der Waals surface area contributed by atoms with Gasteiger partial charge in [-0.15, -0.1) is 11.3 Å². The highest BCUT2D eigenvalue weighted by Crippen LogP contribution is 2.48. The van der Waals surface area contributed by atoms with Crippen LogP contribution in [0.3, 0.4) is 0 Å². The van der Waals surface area contributed by atoms with Crippen LogP contribution in [0.4, 0.5) is 0 Å². The van der Waals surface area contributed by atoms with Crippen molar-refractivity contribution < 1.29 is 0 Å². The summed E-state index contributed by atoms with van der Waals surface area (Å²) in [6, 6.07) is 54.1. The van der Waals surface area contributed by atoms with Crippen molar-refractivity contribution in [2.75, 3.05) is 0 Å². The molecule has 1 heterocycles. The number of rotatable bonds is 2. The van der Waals surface area contributed by atoms with Gasteiger partial charge in [-0.25, -0.2) is 0 Å². The Bertz CT molecular complexity index is 2690. The summed E-state index contributed by atoms with van der Waals surface area (Å²) in [5.74, 6) is 0. The SMILES string of the molecule is c1cc(-c2ccc3c4ccccc4c4ccccc4c3c2)cc(-c2ccc3sc4cccc5c6ccccc6c2c3c45)c1. The van der Waals surface area contributed by atoms with Crippen molar-refractivity contribution >= 4 is 85.4 Å². The minimum Gasteiger partial charge on any atom is -0.135 e. The van der Waals surface area contributed by atoms with Gasteiger partial charge in [0.05, 0.1) is 0 Å². The van der Waals surface area contributed by atoms with Crippen molar-refractivity contribution in [1.29, 1.82) is 0 Å². The lowest BCUT2D eigenvalue weighted by molar-refractivity contribution is 1.63. The summed E-state index contributed by atoms with van der Waals surface area (Å²) in [4.78, 5) is 0. The molecule has 0 radical (unpaired) electrons. The molecule has 1 heteroatoms. The minimum atomic E-state index is 1.24. The van der Waals surface area contributed by atoms with Crippen molar-refractivity contribution in [2.24, 2.45) is 0 Å². The van der Waals surface area contributed by atoms with E-state index in [-0.39, 0.29) is 0 Å². The third-order valence-corrected chi connectivity index (χ3v) is 10.5. The highest BCUT2D eigenvalue weighted by atomic mass is 32.1. The maximum absolute atomic E-state index is 2.39. The van der Waals surface area contributed by atoms with Gasteiger partial charge in [-0.2, -0.15) is 0 Å². The molecule has 43 heavy (non-hydrogen) atoms. The predicted octanol–water partition coefficient (Wildman–Crippen LogP) is 12.6. The molecule has 0 amide bonds. The quantitative estimate of drug-likeness (QED) is 0.184. The zero-order valence-electron chi connectivity index (χ0n) is 23.3. The Morgan fingerprint density at radius 3 is 1.53 bits per heavy atom. The highest BCUT2D eigenvalue weighted by molar-refractivity contribution is 7.26. The van der Waals surface area contributed by atoms with E-state index in [0.717, 1.165) is 0 Å². The van der Waals surface area contributed by atoms with E-state index in [1.54, 1.807) is 0 Å². The van der Waals surface area contributed by atoms with E-state index >= 15 is 0 Å². The molecule has 198 valence electrons. The van der Waals surface area contributed by atoms with Gasteiger partial charge in [0.15, 0.2) is 0 Å². The Morgan fingerprint density at radius 1 is 0.279 bits per heavy atom. The molecule has 0 aliphatic rings. The van der Waals surface area contributed by atoms with E-state index < -0.39 is 0 Å². The zero-order valence-corrected chi connectivity index (χ0v) is 24.1. The average Bonchev–Trinajstić information content (AvgIpc) is 3.47. The standard InChI is InChI=1S/C42H24S/c1-2-13-31-29(11-1)30-12-3-4-14-32(30)37-24-26(19-20-34(31)37)25-9-7-10-27(23-25)28-21-22-39-42-40(28)35-16-6-5-15-33(35)36-17-8-18-38(43-39)41(36)42/h1-24H. The lowest BCUT2D eigenvalue weighted by Crippen LogP contribution is -1.88. The Hall–Kier alpha value is -5.24. The largest absolute Gasteiger partial charge is 0.135 e. The second-order valence-electron chi connectivity index (χ2n) is 11.6. The molecule has 0 atom stereocenters. The monoisotopic (exact) mass is 560 g/mol. The Morgan fingerprint density at radius 2 is 0.791 bits per heavy atom. The van der Waals surface area contributed by atoms with Gasteiger partial charge in [-0.3, -0.25) is 0 Å². The first kappa shape index (κ1) is 23.3. The number of benzene rings is 9. The number of hydrogen-bond donors (Lipinski definition) is 0.